The monoisotopic (exact) mass is 287 g/mol. The average Bonchev–Trinajstić information content (AvgIpc) is 2.89. The molecule has 1 unspecified atom stereocenters. The smallest absolute Gasteiger partial charge is 0.333 e. The van der Waals surface area contributed by atoms with Gasteiger partial charge in [0.25, 0.3) is 5.92 Å². The van der Waals surface area contributed by atoms with Crippen molar-refractivity contribution < 1.29 is 18.5 Å². The summed E-state index contributed by atoms with van der Waals surface area (Å²) in [6, 6.07) is 0. The minimum atomic E-state index is -2.56. The molecule has 0 amide bonds. The van der Waals surface area contributed by atoms with E-state index in [0.29, 0.717) is 5.47 Å². The molecule has 0 aliphatic heterocycles. The van der Waals surface area contributed by atoms with E-state index in [1.165, 1.54) is 19.9 Å². The molecule has 1 fully saturated rings. The lowest BCUT2D eigenvalue weighted by molar-refractivity contribution is -0.0895. The third-order valence-corrected chi connectivity index (χ3v) is 3.68. The number of halogens is 2. The van der Waals surface area contributed by atoms with Gasteiger partial charge in [-0.3, -0.25) is 4.99 Å². The molecular weight excluding hydrogens is 265 g/mol. The van der Waals surface area contributed by atoms with E-state index in [1.54, 1.807) is 27.7 Å². The summed E-state index contributed by atoms with van der Waals surface area (Å²) >= 11 is 0. The number of rotatable bonds is 7. The zero-order valence-corrected chi connectivity index (χ0v) is 12.4. The summed E-state index contributed by atoms with van der Waals surface area (Å²) in [5.41, 5.74) is 4.02. The summed E-state index contributed by atoms with van der Waals surface area (Å²) in [5, 5.41) is 9.93. The number of hydrogen-bond acceptors (Lipinski definition) is 4. The van der Waals surface area contributed by atoms with Crippen LogP contribution in [0, 0.1) is 5.92 Å². The van der Waals surface area contributed by atoms with Crippen LogP contribution >= 0.6 is 0 Å². The second kappa shape index (κ2) is 5.81. The van der Waals surface area contributed by atoms with Crippen LogP contribution in [0.2, 0.25) is 0 Å². The van der Waals surface area contributed by atoms with Crippen LogP contribution in [-0.4, -0.2) is 42.5 Å². The van der Waals surface area contributed by atoms with Gasteiger partial charge in [0, 0.05) is 25.1 Å². The zero-order valence-electron chi connectivity index (χ0n) is 12.4. The molecule has 20 heavy (non-hydrogen) atoms. The van der Waals surface area contributed by atoms with Gasteiger partial charge >= 0.3 is 7.48 Å². The summed E-state index contributed by atoms with van der Waals surface area (Å²) in [5.74, 6) is -3.22. The molecule has 113 valence electrons. The van der Waals surface area contributed by atoms with Gasteiger partial charge in [-0.1, -0.05) is 0 Å². The molecule has 1 rings (SSSR count). The highest BCUT2D eigenvalue weighted by atomic mass is 19.3. The molecule has 1 saturated carbocycles. The van der Waals surface area contributed by atoms with Gasteiger partial charge < -0.3 is 15.5 Å². The van der Waals surface area contributed by atoms with Gasteiger partial charge in [0.05, 0.1) is 11.2 Å². The first-order valence-electron chi connectivity index (χ1n) is 6.52. The molecule has 3 N–H and O–H groups in total. The number of aliphatic imine (C=N–C) groups is 1. The number of allylic oxidation sites excluding steroid dienone is 1. The number of aliphatic hydroxyl groups is 1. The topological polar surface area (TPSA) is 67.8 Å². The van der Waals surface area contributed by atoms with Gasteiger partial charge in [0.15, 0.2) is 0 Å². The molecule has 0 aromatic carbocycles. The van der Waals surface area contributed by atoms with Crippen LogP contribution < -0.4 is 5.73 Å². The fraction of sp³-hybridized carbons (Fsp3) is 0.769. The lowest BCUT2D eigenvalue weighted by Crippen LogP contribution is -2.48. The molecule has 1 aliphatic carbocycles. The summed E-state index contributed by atoms with van der Waals surface area (Å²) in [4.78, 5) is 3.94. The number of alkyl halides is 2. The minimum absolute atomic E-state index is 0.0765. The van der Waals surface area contributed by atoms with Crippen LogP contribution in [-0.2, 0) is 4.65 Å². The Balaban J connectivity index is 2.43. The van der Waals surface area contributed by atoms with Gasteiger partial charge in [0.2, 0.25) is 0 Å². The van der Waals surface area contributed by atoms with Crippen molar-refractivity contribution in [2.24, 2.45) is 16.6 Å². The fourth-order valence-corrected chi connectivity index (χ4v) is 1.23. The highest BCUT2D eigenvalue weighted by molar-refractivity contribution is 6.46. The van der Waals surface area contributed by atoms with Gasteiger partial charge in [0.1, 0.15) is 0 Å². The van der Waals surface area contributed by atoms with Crippen LogP contribution in [0.25, 0.3) is 0 Å². The van der Waals surface area contributed by atoms with Crippen molar-refractivity contribution in [1.29, 1.82) is 0 Å². The minimum Gasteiger partial charge on any atom is -0.427 e. The fourth-order valence-electron chi connectivity index (χ4n) is 1.23. The molecule has 4 nitrogen and oxygen atoms in total. The van der Waals surface area contributed by atoms with Crippen molar-refractivity contribution in [1.82, 2.24) is 0 Å². The zero-order chi connectivity index (χ0) is 15.6. The summed E-state index contributed by atoms with van der Waals surface area (Å²) in [6.07, 6.45) is 2.57. The van der Waals surface area contributed by atoms with Crippen molar-refractivity contribution >= 4 is 13.7 Å². The van der Waals surface area contributed by atoms with E-state index in [9.17, 15) is 13.9 Å². The molecule has 1 atom stereocenters. The van der Waals surface area contributed by atoms with E-state index in [1.807, 2.05) is 0 Å². The van der Waals surface area contributed by atoms with Crippen molar-refractivity contribution in [3.63, 3.8) is 0 Å². The Morgan fingerprint density at radius 3 is 2.45 bits per heavy atom. The molecule has 0 bridgehead atoms. The lowest BCUT2D eigenvalue weighted by atomic mass is 9.83. The highest BCUT2D eigenvalue weighted by Crippen LogP contribution is 2.48. The number of nitrogens with two attached hydrogens (primary N) is 1. The van der Waals surface area contributed by atoms with Crippen LogP contribution in [0.5, 0.6) is 0 Å². The Bertz CT molecular complexity index is 404. The number of nitrogens with zero attached hydrogens (tertiary/aromatic N) is 1. The Labute approximate surface area is 119 Å². The van der Waals surface area contributed by atoms with E-state index < -0.39 is 23.0 Å². The van der Waals surface area contributed by atoms with E-state index in [-0.39, 0.29) is 13.0 Å². The summed E-state index contributed by atoms with van der Waals surface area (Å²) in [7, 11) is 1.37. The molecule has 0 spiro atoms. The molecule has 7 heteroatoms. The quantitative estimate of drug-likeness (QED) is 0.553. The molecule has 1 radical (unpaired) electrons. The highest BCUT2D eigenvalue weighted by Gasteiger charge is 2.56. The Hall–Kier alpha value is -0.945. The molecular formula is C13H22BF2N2O2. The maximum Gasteiger partial charge on any atom is 0.333 e. The van der Waals surface area contributed by atoms with Crippen molar-refractivity contribution in [3.05, 3.63) is 11.7 Å². The van der Waals surface area contributed by atoms with E-state index in [0.717, 1.165) is 0 Å². The second-order valence-electron chi connectivity index (χ2n) is 6.13. The molecule has 0 aromatic heterocycles. The predicted octanol–water partition coefficient (Wildman–Crippen LogP) is 1.70. The third-order valence-electron chi connectivity index (χ3n) is 3.68. The van der Waals surface area contributed by atoms with Crippen LogP contribution in [0.15, 0.2) is 16.7 Å². The Morgan fingerprint density at radius 2 is 2.05 bits per heavy atom. The van der Waals surface area contributed by atoms with Gasteiger partial charge in [-0.05, 0) is 39.4 Å². The Morgan fingerprint density at radius 1 is 1.50 bits per heavy atom. The van der Waals surface area contributed by atoms with E-state index in [4.69, 9.17) is 10.4 Å². The maximum atomic E-state index is 12.7. The molecule has 0 heterocycles. The van der Waals surface area contributed by atoms with Gasteiger partial charge in [-0.2, -0.15) is 0 Å². The first-order chi connectivity index (χ1) is 8.99. The Kier molecular flexibility index (Phi) is 4.97. The van der Waals surface area contributed by atoms with Gasteiger partial charge in [-0.25, -0.2) is 8.78 Å². The average molecular weight is 287 g/mol. The van der Waals surface area contributed by atoms with Crippen molar-refractivity contribution in [3.8, 4) is 0 Å². The van der Waals surface area contributed by atoms with Crippen LogP contribution in [0.4, 0.5) is 8.78 Å². The standard InChI is InChI=1S/C13H22BF2N2O2/c1-11(2,19)12(3,4)20-14-10(6-17)8-18-7-9-5-13(9,15)16/h6,8-9,19H,5,7,17H2,1-4H3/b10-6+,18-8?. The van der Waals surface area contributed by atoms with Crippen LogP contribution in [0.3, 0.4) is 0 Å². The van der Waals surface area contributed by atoms with Crippen molar-refractivity contribution in [2.75, 3.05) is 6.54 Å². The number of hydrogen-bond donors (Lipinski definition) is 2. The molecule has 0 saturated heterocycles. The summed E-state index contributed by atoms with van der Waals surface area (Å²) < 4.78 is 30.8. The maximum absolute atomic E-state index is 12.7. The first-order valence-corrected chi connectivity index (χ1v) is 6.52. The van der Waals surface area contributed by atoms with Crippen molar-refractivity contribution in [2.45, 2.75) is 51.2 Å². The lowest BCUT2D eigenvalue weighted by Gasteiger charge is -2.37. The first kappa shape index (κ1) is 17.1. The van der Waals surface area contributed by atoms with E-state index >= 15 is 0 Å². The summed E-state index contributed by atoms with van der Waals surface area (Å²) in [6.45, 7) is 6.82. The molecule has 0 aromatic rings. The van der Waals surface area contributed by atoms with E-state index in [2.05, 4.69) is 4.99 Å². The largest absolute Gasteiger partial charge is 0.427 e. The van der Waals surface area contributed by atoms with Crippen LogP contribution in [0.1, 0.15) is 34.1 Å². The predicted molar refractivity (Wildman–Crippen MR) is 75.9 cm³/mol. The second-order valence-corrected chi connectivity index (χ2v) is 6.13. The molecule has 1 aliphatic rings. The van der Waals surface area contributed by atoms with Gasteiger partial charge in [-0.15, -0.1) is 0 Å². The SMILES string of the molecule is CC(C)(O)C(C)(C)O[B]/C(C=NCC1CC1(F)F)=C/N. The normalized spacial score (nSPS) is 23.1. The third kappa shape index (κ3) is 4.56.